The Kier molecular flexibility index (Phi) is 1.41. The molecule has 0 saturated carbocycles. The predicted molar refractivity (Wildman–Crippen MR) is 41.8 cm³/mol. The molecular weight excluding hydrogens is 140 g/mol. The second kappa shape index (κ2) is 2.29. The smallest absolute Gasteiger partial charge is 0.285 e. The van der Waals surface area contributed by atoms with Gasteiger partial charge in [0.15, 0.2) is 0 Å². The van der Waals surface area contributed by atoms with E-state index in [4.69, 9.17) is 4.42 Å². The summed E-state index contributed by atoms with van der Waals surface area (Å²) < 4.78 is 5.19. The van der Waals surface area contributed by atoms with E-state index in [0.717, 1.165) is 24.2 Å². The van der Waals surface area contributed by atoms with Gasteiger partial charge in [-0.3, -0.25) is 0 Å². The Labute approximate surface area is 65.8 Å². The fourth-order valence-corrected chi connectivity index (χ4v) is 1.71. The van der Waals surface area contributed by atoms with Gasteiger partial charge in [0.05, 0.1) is 0 Å². The zero-order valence-corrected chi connectivity index (χ0v) is 6.68. The average Bonchev–Trinajstić information content (AvgIpc) is 2.30. The highest BCUT2D eigenvalue weighted by Gasteiger charge is 2.18. The molecule has 60 valence electrons. The van der Waals surface area contributed by atoms with Crippen molar-refractivity contribution in [3.8, 4) is 5.95 Å². The number of hydrogen-bond donors (Lipinski definition) is 1. The van der Waals surface area contributed by atoms with Gasteiger partial charge in [0.1, 0.15) is 5.76 Å². The standard InChI is InChI=1S/C9H12O2/c1-6-7-4-2-3-5-8(7)11-9(6)10/h10H,2-5H2,1H3. The zero-order valence-electron chi connectivity index (χ0n) is 6.68. The third-order valence-corrected chi connectivity index (χ3v) is 2.41. The Hall–Kier alpha value is -0.920. The summed E-state index contributed by atoms with van der Waals surface area (Å²) in [5.74, 6) is 1.13. The van der Waals surface area contributed by atoms with Gasteiger partial charge in [-0.05, 0) is 26.2 Å². The van der Waals surface area contributed by atoms with Crippen LogP contribution in [0.15, 0.2) is 4.42 Å². The Balaban J connectivity index is 2.50. The normalized spacial score (nSPS) is 16.5. The molecule has 1 heterocycles. The van der Waals surface area contributed by atoms with Crippen molar-refractivity contribution in [2.24, 2.45) is 0 Å². The molecule has 0 amide bonds. The van der Waals surface area contributed by atoms with Crippen molar-refractivity contribution >= 4 is 0 Å². The zero-order chi connectivity index (χ0) is 7.84. The lowest BCUT2D eigenvalue weighted by Crippen LogP contribution is -1.99. The Morgan fingerprint density at radius 2 is 2.00 bits per heavy atom. The molecule has 0 saturated heterocycles. The van der Waals surface area contributed by atoms with Gasteiger partial charge in [-0.15, -0.1) is 0 Å². The monoisotopic (exact) mass is 152 g/mol. The fraction of sp³-hybridized carbons (Fsp3) is 0.556. The van der Waals surface area contributed by atoms with Crippen LogP contribution in [0, 0.1) is 6.92 Å². The molecule has 1 N–H and O–H groups in total. The van der Waals surface area contributed by atoms with Crippen LogP contribution >= 0.6 is 0 Å². The van der Waals surface area contributed by atoms with Gasteiger partial charge in [0.2, 0.25) is 0 Å². The van der Waals surface area contributed by atoms with Crippen LogP contribution in [0.25, 0.3) is 0 Å². The predicted octanol–water partition coefficient (Wildman–Crippen LogP) is 2.17. The maximum Gasteiger partial charge on any atom is 0.285 e. The third-order valence-electron chi connectivity index (χ3n) is 2.41. The quantitative estimate of drug-likeness (QED) is 0.618. The largest absolute Gasteiger partial charge is 0.481 e. The number of aromatic hydroxyl groups is 1. The molecule has 2 rings (SSSR count). The highest BCUT2D eigenvalue weighted by atomic mass is 16.5. The van der Waals surface area contributed by atoms with E-state index in [1.807, 2.05) is 6.92 Å². The van der Waals surface area contributed by atoms with Crippen molar-refractivity contribution in [2.75, 3.05) is 0 Å². The summed E-state index contributed by atoms with van der Waals surface area (Å²) in [7, 11) is 0. The van der Waals surface area contributed by atoms with Gasteiger partial charge in [0.25, 0.3) is 5.95 Å². The highest BCUT2D eigenvalue weighted by molar-refractivity contribution is 5.36. The van der Waals surface area contributed by atoms with Crippen molar-refractivity contribution in [3.63, 3.8) is 0 Å². The van der Waals surface area contributed by atoms with Gasteiger partial charge in [-0.25, -0.2) is 0 Å². The number of rotatable bonds is 0. The molecule has 0 bridgehead atoms. The lowest BCUT2D eigenvalue weighted by atomic mass is 9.96. The van der Waals surface area contributed by atoms with E-state index in [9.17, 15) is 5.11 Å². The van der Waals surface area contributed by atoms with Crippen molar-refractivity contribution in [3.05, 3.63) is 16.9 Å². The summed E-state index contributed by atoms with van der Waals surface area (Å²) in [4.78, 5) is 0. The minimum atomic E-state index is 0.122. The number of furan rings is 1. The molecule has 0 atom stereocenters. The minimum absolute atomic E-state index is 0.122. The minimum Gasteiger partial charge on any atom is -0.481 e. The van der Waals surface area contributed by atoms with E-state index < -0.39 is 0 Å². The first kappa shape index (κ1) is 6.77. The topological polar surface area (TPSA) is 33.4 Å². The SMILES string of the molecule is Cc1c(O)oc2c1CCCC2. The molecule has 0 aromatic carbocycles. The maximum absolute atomic E-state index is 9.24. The van der Waals surface area contributed by atoms with Crippen LogP contribution in [0.2, 0.25) is 0 Å². The maximum atomic E-state index is 9.24. The summed E-state index contributed by atoms with van der Waals surface area (Å²) >= 11 is 0. The van der Waals surface area contributed by atoms with Gasteiger partial charge < -0.3 is 9.52 Å². The van der Waals surface area contributed by atoms with Crippen molar-refractivity contribution in [1.82, 2.24) is 0 Å². The van der Waals surface area contributed by atoms with Crippen LogP contribution < -0.4 is 0 Å². The molecule has 1 aromatic heterocycles. The molecule has 0 radical (unpaired) electrons. The van der Waals surface area contributed by atoms with E-state index >= 15 is 0 Å². The lowest BCUT2D eigenvalue weighted by Gasteiger charge is -2.08. The van der Waals surface area contributed by atoms with Crippen molar-refractivity contribution < 1.29 is 9.52 Å². The Morgan fingerprint density at radius 1 is 1.27 bits per heavy atom. The first-order chi connectivity index (χ1) is 5.29. The summed E-state index contributed by atoms with van der Waals surface area (Å²) in [5, 5.41) is 9.24. The van der Waals surface area contributed by atoms with Crippen LogP contribution in [0.5, 0.6) is 5.95 Å². The second-order valence-electron chi connectivity index (χ2n) is 3.14. The number of hydrogen-bond acceptors (Lipinski definition) is 2. The average molecular weight is 152 g/mol. The van der Waals surface area contributed by atoms with Crippen LogP contribution in [0.3, 0.4) is 0 Å². The highest BCUT2D eigenvalue weighted by Crippen LogP contribution is 2.32. The number of fused-ring (bicyclic) bond motifs is 1. The van der Waals surface area contributed by atoms with E-state index in [0.29, 0.717) is 0 Å². The van der Waals surface area contributed by atoms with Crippen LogP contribution in [0.4, 0.5) is 0 Å². The Morgan fingerprint density at radius 3 is 2.73 bits per heavy atom. The number of aryl methyl sites for hydroxylation is 1. The molecule has 0 fully saturated rings. The van der Waals surface area contributed by atoms with Crippen LogP contribution in [-0.4, -0.2) is 5.11 Å². The third kappa shape index (κ3) is 0.934. The molecule has 11 heavy (non-hydrogen) atoms. The first-order valence-electron chi connectivity index (χ1n) is 4.09. The second-order valence-corrected chi connectivity index (χ2v) is 3.14. The fourth-order valence-electron chi connectivity index (χ4n) is 1.71. The van der Waals surface area contributed by atoms with Crippen molar-refractivity contribution in [1.29, 1.82) is 0 Å². The molecule has 0 unspecified atom stereocenters. The molecule has 0 spiro atoms. The first-order valence-corrected chi connectivity index (χ1v) is 4.09. The van der Waals surface area contributed by atoms with Crippen LogP contribution in [0.1, 0.15) is 29.7 Å². The van der Waals surface area contributed by atoms with Gasteiger partial charge >= 0.3 is 0 Å². The summed E-state index contributed by atoms with van der Waals surface area (Å²) in [6.45, 7) is 1.92. The van der Waals surface area contributed by atoms with Gasteiger partial charge in [-0.2, -0.15) is 0 Å². The summed E-state index contributed by atoms with van der Waals surface area (Å²) in [5.41, 5.74) is 2.19. The van der Waals surface area contributed by atoms with E-state index in [1.54, 1.807) is 0 Å². The summed E-state index contributed by atoms with van der Waals surface area (Å²) in [6, 6.07) is 0. The molecular formula is C9H12O2. The molecule has 0 aliphatic heterocycles. The van der Waals surface area contributed by atoms with Gasteiger partial charge in [0, 0.05) is 17.5 Å². The molecule has 1 aliphatic rings. The molecule has 2 nitrogen and oxygen atoms in total. The van der Waals surface area contributed by atoms with Gasteiger partial charge in [-0.1, -0.05) is 0 Å². The van der Waals surface area contributed by atoms with E-state index in [2.05, 4.69) is 0 Å². The summed E-state index contributed by atoms with van der Waals surface area (Å²) in [6.07, 6.45) is 4.49. The van der Waals surface area contributed by atoms with Crippen LogP contribution in [-0.2, 0) is 12.8 Å². The van der Waals surface area contributed by atoms with Crippen molar-refractivity contribution in [2.45, 2.75) is 32.6 Å². The lowest BCUT2D eigenvalue weighted by molar-refractivity contribution is 0.313. The van der Waals surface area contributed by atoms with E-state index in [-0.39, 0.29) is 5.95 Å². The molecule has 1 aromatic rings. The molecule has 2 heteroatoms. The van der Waals surface area contributed by atoms with E-state index in [1.165, 1.54) is 18.4 Å². The molecule has 1 aliphatic carbocycles. The Bertz CT molecular complexity index is 273.